The van der Waals surface area contributed by atoms with E-state index in [0.717, 1.165) is 0 Å². The second kappa shape index (κ2) is 9.04. The van der Waals surface area contributed by atoms with E-state index in [9.17, 15) is 4.89 Å². The van der Waals surface area contributed by atoms with Crippen molar-refractivity contribution < 1.29 is 32.9 Å². The van der Waals surface area contributed by atoms with E-state index in [1.54, 1.807) is 14.2 Å². The van der Waals surface area contributed by atoms with E-state index >= 15 is 0 Å². The molecule has 0 aromatic rings. The van der Waals surface area contributed by atoms with Gasteiger partial charge in [0.25, 0.3) is 0 Å². The lowest BCUT2D eigenvalue weighted by Crippen LogP contribution is -2.33. The average Bonchev–Trinajstić information content (AvgIpc) is 2.97. The smallest absolute Gasteiger partial charge is 0.324 e. The Morgan fingerprint density at radius 2 is 1.44 bits per heavy atom. The van der Waals surface area contributed by atoms with E-state index < -0.39 is 6.72 Å². The Bertz CT molecular complexity index is 479. The highest BCUT2D eigenvalue weighted by molar-refractivity contribution is 8.07. The van der Waals surface area contributed by atoms with Gasteiger partial charge < -0.3 is 32.9 Å². The van der Waals surface area contributed by atoms with Gasteiger partial charge in [0.05, 0.1) is 31.5 Å². The Balaban J connectivity index is 1.94. The molecule has 7 nitrogen and oxygen atoms in total. The Morgan fingerprint density at radius 3 is 1.96 bits per heavy atom. The summed E-state index contributed by atoms with van der Waals surface area (Å²) < 4.78 is 33.7. The first-order valence-electron chi connectivity index (χ1n) is 8.68. The molecule has 2 aliphatic heterocycles. The highest BCUT2D eigenvalue weighted by Crippen LogP contribution is 2.49. The molecule has 0 aliphatic carbocycles. The van der Waals surface area contributed by atoms with Crippen LogP contribution in [0.2, 0.25) is 0 Å². The Labute approximate surface area is 155 Å². The average molecular weight is 398 g/mol. The summed E-state index contributed by atoms with van der Waals surface area (Å²) in [5.41, 5.74) is 0. The SMILES string of the molecule is COC[C@H]1O[C@@H](C)[C@@H](C)C1OP(O)(=S)OC[C@H]1O[C@@H](C)C(C)[C@H]1OC. The zero-order valence-electron chi connectivity index (χ0n) is 15.8. The van der Waals surface area contributed by atoms with Crippen LogP contribution in [0.15, 0.2) is 0 Å². The van der Waals surface area contributed by atoms with Crippen molar-refractivity contribution in [2.24, 2.45) is 11.8 Å². The topological polar surface area (TPSA) is 75.6 Å². The molecule has 3 unspecified atom stereocenters. The van der Waals surface area contributed by atoms with Gasteiger partial charge in [0.15, 0.2) is 0 Å². The van der Waals surface area contributed by atoms with Crippen molar-refractivity contribution >= 4 is 18.5 Å². The molecule has 0 saturated carbocycles. The minimum atomic E-state index is -3.43. The monoisotopic (exact) mass is 398 g/mol. The van der Waals surface area contributed by atoms with Crippen molar-refractivity contribution in [1.82, 2.24) is 0 Å². The van der Waals surface area contributed by atoms with Crippen LogP contribution in [0.4, 0.5) is 0 Å². The number of rotatable bonds is 8. The third kappa shape index (κ3) is 5.21. The van der Waals surface area contributed by atoms with Crippen LogP contribution < -0.4 is 0 Å². The quantitative estimate of drug-likeness (QED) is 0.623. The summed E-state index contributed by atoms with van der Waals surface area (Å²) in [4.78, 5) is 10.5. The van der Waals surface area contributed by atoms with Gasteiger partial charge in [-0.1, -0.05) is 13.8 Å². The molecule has 9 heteroatoms. The van der Waals surface area contributed by atoms with Gasteiger partial charge in [0.1, 0.15) is 18.3 Å². The molecule has 0 spiro atoms. The standard InChI is InChI=1S/C16H31O7PS/c1-9-11(3)22-14(15(9)19-6)8-20-24(17,25)23-16-10(2)12(4)21-13(16)7-18-5/h9-16H,7-8H2,1-6H3,(H,17,25)/t9?,10-,11+,12+,13-,14-,15-,16?,24?/m1/s1. The number of methoxy groups -OCH3 is 2. The maximum absolute atomic E-state index is 10.5. The van der Waals surface area contributed by atoms with Crippen molar-refractivity contribution in [3.63, 3.8) is 0 Å². The highest BCUT2D eigenvalue weighted by Gasteiger charge is 2.44. The highest BCUT2D eigenvalue weighted by atomic mass is 32.5. The predicted molar refractivity (Wildman–Crippen MR) is 97.0 cm³/mol. The Morgan fingerprint density at radius 1 is 0.920 bits per heavy atom. The molecule has 1 N–H and O–H groups in total. The van der Waals surface area contributed by atoms with Crippen LogP contribution in [0.25, 0.3) is 0 Å². The lowest BCUT2D eigenvalue weighted by Gasteiger charge is -2.27. The van der Waals surface area contributed by atoms with Crippen LogP contribution in [0.3, 0.4) is 0 Å². The van der Waals surface area contributed by atoms with Crippen LogP contribution in [0.5, 0.6) is 0 Å². The minimum absolute atomic E-state index is 0.00196. The van der Waals surface area contributed by atoms with Crippen LogP contribution in [0, 0.1) is 11.8 Å². The van der Waals surface area contributed by atoms with Crippen molar-refractivity contribution in [3.8, 4) is 0 Å². The molecule has 0 aromatic carbocycles. The summed E-state index contributed by atoms with van der Waals surface area (Å²) in [6.07, 6.45) is -0.961. The summed E-state index contributed by atoms with van der Waals surface area (Å²) in [5, 5.41) is 0. The van der Waals surface area contributed by atoms with Crippen LogP contribution in [-0.4, -0.2) is 69.0 Å². The number of hydrogen-bond acceptors (Lipinski definition) is 7. The fourth-order valence-corrected chi connectivity index (χ4v) is 4.99. The van der Waals surface area contributed by atoms with E-state index in [-0.39, 0.29) is 55.1 Å². The second-order valence-electron chi connectivity index (χ2n) is 6.97. The molecule has 2 rings (SSSR count). The number of ether oxygens (including phenoxy) is 4. The fraction of sp³-hybridized carbons (Fsp3) is 1.00. The molecule has 0 radical (unpaired) electrons. The van der Waals surface area contributed by atoms with Gasteiger partial charge in [-0.3, -0.25) is 0 Å². The van der Waals surface area contributed by atoms with Crippen molar-refractivity contribution in [2.75, 3.05) is 27.4 Å². The summed E-state index contributed by atoms with van der Waals surface area (Å²) >= 11 is 5.21. The lowest BCUT2D eigenvalue weighted by atomic mass is 9.99. The second-order valence-corrected chi connectivity index (χ2v) is 9.76. The lowest BCUT2D eigenvalue weighted by molar-refractivity contribution is -0.0398. The van der Waals surface area contributed by atoms with Crippen molar-refractivity contribution in [1.29, 1.82) is 0 Å². The van der Waals surface area contributed by atoms with E-state index in [2.05, 4.69) is 6.92 Å². The van der Waals surface area contributed by atoms with Gasteiger partial charge in [-0.25, -0.2) is 0 Å². The summed E-state index contributed by atoms with van der Waals surface area (Å²) in [6.45, 7) is 5.11. The van der Waals surface area contributed by atoms with Crippen LogP contribution >= 0.6 is 6.72 Å². The number of hydrogen-bond donors (Lipinski definition) is 1. The van der Waals surface area contributed by atoms with Gasteiger partial charge in [-0.05, 0) is 25.7 Å². The van der Waals surface area contributed by atoms with E-state index in [0.29, 0.717) is 6.61 Å². The van der Waals surface area contributed by atoms with Gasteiger partial charge in [-0.15, -0.1) is 0 Å². The summed E-state index contributed by atoms with van der Waals surface area (Å²) in [6, 6.07) is 0. The molecule has 9 atom stereocenters. The molecule has 2 aliphatic rings. The molecule has 148 valence electrons. The van der Waals surface area contributed by atoms with Gasteiger partial charge in [-0.2, -0.15) is 0 Å². The van der Waals surface area contributed by atoms with Gasteiger partial charge >= 0.3 is 6.72 Å². The molecule has 2 saturated heterocycles. The van der Waals surface area contributed by atoms with Crippen molar-refractivity contribution in [2.45, 2.75) is 64.3 Å². The third-order valence-corrected chi connectivity index (χ3v) is 6.85. The fourth-order valence-electron chi connectivity index (χ4n) is 3.48. The van der Waals surface area contributed by atoms with Crippen LogP contribution in [0.1, 0.15) is 27.7 Å². The first-order valence-corrected chi connectivity index (χ1v) is 11.3. The first-order chi connectivity index (χ1) is 11.7. The summed E-state index contributed by atoms with van der Waals surface area (Å²) in [5.74, 6) is 0.318. The molecule has 2 fully saturated rings. The van der Waals surface area contributed by atoms with Gasteiger partial charge in [0, 0.05) is 26.1 Å². The summed E-state index contributed by atoms with van der Waals surface area (Å²) in [7, 11) is 3.25. The van der Waals surface area contributed by atoms with E-state index in [1.165, 1.54) is 0 Å². The zero-order chi connectivity index (χ0) is 18.8. The molecule has 0 amide bonds. The van der Waals surface area contributed by atoms with Gasteiger partial charge in [0.2, 0.25) is 0 Å². The third-order valence-electron chi connectivity index (χ3n) is 5.29. The molecular weight excluding hydrogens is 367 g/mol. The Hall–Kier alpha value is 0.370. The predicted octanol–water partition coefficient (Wildman–Crippen LogP) is 2.11. The maximum Gasteiger partial charge on any atom is 0.324 e. The first kappa shape index (κ1) is 21.7. The maximum atomic E-state index is 10.5. The molecule has 2 heterocycles. The largest absolute Gasteiger partial charge is 0.382 e. The van der Waals surface area contributed by atoms with Crippen LogP contribution in [-0.2, 0) is 39.8 Å². The van der Waals surface area contributed by atoms with E-state index in [1.807, 2.05) is 20.8 Å². The molecule has 0 aromatic heterocycles. The Kier molecular flexibility index (Phi) is 7.84. The van der Waals surface area contributed by atoms with E-state index in [4.69, 9.17) is 39.8 Å². The zero-order valence-corrected chi connectivity index (χ0v) is 17.5. The molecule has 25 heavy (non-hydrogen) atoms. The van der Waals surface area contributed by atoms with Crippen molar-refractivity contribution in [3.05, 3.63) is 0 Å². The minimum Gasteiger partial charge on any atom is -0.382 e. The normalized spacial score (nSPS) is 44.1. The molecule has 0 bridgehead atoms. The molecular formula is C16H31O7PS.